The lowest BCUT2D eigenvalue weighted by Gasteiger charge is -2.15. The van der Waals surface area contributed by atoms with E-state index >= 15 is 0 Å². The monoisotopic (exact) mass is 251 g/mol. The van der Waals surface area contributed by atoms with E-state index in [4.69, 9.17) is 9.47 Å². The molecule has 1 rings (SSSR count). The maximum absolute atomic E-state index is 5.71. The quantitative estimate of drug-likeness (QED) is 0.684. The third-order valence-corrected chi connectivity index (χ3v) is 2.88. The van der Waals surface area contributed by atoms with Crippen LogP contribution in [0.3, 0.4) is 0 Å². The molecule has 3 nitrogen and oxygen atoms in total. The van der Waals surface area contributed by atoms with Gasteiger partial charge in [0.05, 0.1) is 13.2 Å². The molecule has 0 unspecified atom stereocenters. The largest absolute Gasteiger partial charge is 0.494 e. The fraction of sp³-hybridized carbons (Fsp3) is 0.600. The van der Waals surface area contributed by atoms with Gasteiger partial charge in [-0.15, -0.1) is 0 Å². The molecule has 0 aliphatic heterocycles. The maximum Gasteiger partial charge on any atom is 0.119 e. The maximum atomic E-state index is 5.71. The van der Waals surface area contributed by atoms with Crippen molar-refractivity contribution >= 4 is 0 Å². The molecular formula is C15H25NO2. The first-order valence-electron chi connectivity index (χ1n) is 6.73. The summed E-state index contributed by atoms with van der Waals surface area (Å²) in [6, 6.07) is 8.61. The molecule has 1 N–H and O–H groups in total. The Morgan fingerprint density at radius 1 is 1.28 bits per heavy atom. The number of benzene rings is 1. The van der Waals surface area contributed by atoms with Gasteiger partial charge in [0, 0.05) is 19.7 Å². The summed E-state index contributed by atoms with van der Waals surface area (Å²) in [4.78, 5) is 0. The Hall–Kier alpha value is -1.06. The highest BCUT2D eigenvalue weighted by Crippen LogP contribution is 2.19. The second-order valence-electron chi connectivity index (χ2n) is 4.44. The molecule has 0 spiro atoms. The SMILES string of the molecule is CCCCOc1cccc([C@H](C)NCCOC)c1. The van der Waals surface area contributed by atoms with Crippen LogP contribution in [-0.2, 0) is 4.74 Å². The highest BCUT2D eigenvalue weighted by molar-refractivity contribution is 5.30. The molecule has 0 saturated carbocycles. The third kappa shape index (κ3) is 5.52. The van der Waals surface area contributed by atoms with Crippen molar-refractivity contribution in [3.63, 3.8) is 0 Å². The van der Waals surface area contributed by atoms with Crippen molar-refractivity contribution < 1.29 is 9.47 Å². The molecule has 0 radical (unpaired) electrons. The topological polar surface area (TPSA) is 30.5 Å². The Labute approximate surface area is 110 Å². The highest BCUT2D eigenvalue weighted by Gasteiger charge is 2.05. The van der Waals surface area contributed by atoms with Crippen LogP contribution in [0.4, 0.5) is 0 Å². The zero-order valence-corrected chi connectivity index (χ0v) is 11.7. The first kappa shape index (κ1) is 15.0. The lowest BCUT2D eigenvalue weighted by atomic mass is 10.1. The van der Waals surface area contributed by atoms with Gasteiger partial charge < -0.3 is 14.8 Å². The first-order valence-corrected chi connectivity index (χ1v) is 6.73. The molecule has 0 aliphatic carbocycles. The number of rotatable bonds is 9. The average molecular weight is 251 g/mol. The summed E-state index contributed by atoms with van der Waals surface area (Å²) < 4.78 is 10.7. The molecule has 0 fully saturated rings. The summed E-state index contributed by atoms with van der Waals surface area (Å²) >= 11 is 0. The van der Waals surface area contributed by atoms with Crippen molar-refractivity contribution in [1.82, 2.24) is 5.32 Å². The van der Waals surface area contributed by atoms with Crippen LogP contribution in [0.1, 0.15) is 38.3 Å². The van der Waals surface area contributed by atoms with E-state index in [2.05, 4.69) is 31.3 Å². The van der Waals surface area contributed by atoms with Gasteiger partial charge in [-0.3, -0.25) is 0 Å². The van der Waals surface area contributed by atoms with Crippen molar-refractivity contribution in [2.45, 2.75) is 32.7 Å². The fourth-order valence-corrected chi connectivity index (χ4v) is 1.70. The van der Waals surface area contributed by atoms with E-state index in [-0.39, 0.29) is 0 Å². The van der Waals surface area contributed by atoms with Gasteiger partial charge in [-0.25, -0.2) is 0 Å². The van der Waals surface area contributed by atoms with Crippen molar-refractivity contribution in [3.8, 4) is 5.75 Å². The van der Waals surface area contributed by atoms with E-state index < -0.39 is 0 Å². The minimum atomic E-state index is 0.315. The van der Waals surface area contributed by atoms with Crippen LogP contribution >= 0.6 is 0 Å². The van der Waals surface area contributed by atoms with Gasteiger partial charge in [0.1, 0.15) is 5.75 Å². The van der Waals surface area contributed by atoms with Crippen LogP contribution in [0.25, 0.3) is 0 Å². The Morgan fingerprint density at radius 3 is 2.83 bits per heavy atom. The molecule has 1 atom stereocenters. The molecule has 1 aromatic rings. The normalized spacial score (nSPS) is 12.4. The van der Waals surface area contributed by atoms with Crippen molar-refractivity contribution in [3.05, 3.63) is 29.8 Å². The van der Waals surface area contributed by atoms with Gasteiger partial charge in [0.15, 0.2) is 0 Å². The van der Waals surface area contributed by atoms with Gasteiger partial charge in [0.25, 0.3) is 0 Å². The van der Waals surface area contributed by atoms with Crippen LogP contribution in [0.15, 0.2) is 24.3 Å². The number of unbranched alkanes of at least 4 members (excludes halogenated alkanes) is 1. The number of hydrogen-bond acceptors (Lipinski definition) is 3. The number of hydrogen-bond donors (Lipinski definition) is 1. The van der Waals surface area contributed by atoms with Gasteiger partial charge >= 0.3 is 0 Å². The molecule has 0 saturated heterocycles. The first-order chi connectivity index (χ1) is 8.77. The summed E-state index contributed by atoms with van der Waals surface area (Å²) in [6.07, 6.45) is 2.26. The number of nitrogens with one attached hydrogen (secondary N) is 1. The lowest BCUT2D eigenvalue weighted by Crippen LogP contribution is -2.22. The van der Waals surface area contributed by atoms with E-state index in [1.807, 2.05) is 12.1 Å². The Kier molecular flexibility index (Phi) is 7.46. The highest BCUT2D eigenvalue weighted by atomic mass is 16.5. The second-order valence-corrected chi connectivity index (χ2v) is 4.44. The minimum absolute atomic E-state index is 0.315. The molecule has 1 aromatic carbocycles. The van der Waals surface area contributed by atoms with Crippen molar-refractivity contribution in [2.24, 2.45) is 0 Å². The molecule has 0 bridgehead atoms. The Morgan fingerprint density at radius 2 is 2.11 bits per heavy atom. The molecule has 0 aromatic heterocycles. The van der Waals surface area contributed by atoms with E-state index in [1.165, 1.54) is 5.56 Å². The van der Waals surface area contributed by atoms with Crippen LogP contribution in [0, 0.1) is 0 Å². The molecular weight excluding hydrogens is 226 g/mol. The van der Waals surface area contributed by atoms with Gasteiger partial charge in [0.2, 0.25) is 0 Å². The van der Waals surface area contributed by atoms with Gasteiger partial charge in [-0.1, -0.05) is 25.5 Å². The van der Waals surface area contributed by atoms with E-state index in [0.717, 1.165) is 38.3 Å². The zero-order valence-electron chi connectivity index (χ0n) is 11.7. The Bertz CT molecular complexity index is 328. The van der Waals surface area contributed by atoms with E-state index in [0.29, 0.717) is 6.04 Å². The van der Waals surface area contributed by atoms with Crippen molar-refractivity contribution in [2.75, 3.05) is 26.9 Å². The zero-order chi connectivity index (χ0) is 13.2. The average Bonchev–Trinajstić information content (AvgIpc) is 2.39. The molecule has 3 heteroatoms. The van der Waals surface area contributed by atoms with Crippen LogP contribution in [0.5, 0.6) is 5.75 Å². The third-order valence-electron chi connectivity index (χ3n) is 2.88. The van der Waals surface area contributed by atoms with Gasteiger partial charge in [-0.2, -0.15) is 0 Å². The fourth-order valence-electron chi connectivity index (χ4n) is 1.70. The minimum Gasteiger partial charge on any atom is -0.494 e. The second kappa shape index (κ2) is 8.95. The lowest BCUT2D eigenvalue weighted by molar-refractivity contribution is 0.196. The molecule has 18 heavy (non-hydrogen) atoms. The molecule has 0 amide bonds. The summed E-state index contributed by atoms with van der Waals surface area (Å²) in [5.41, 5.74) is 1.25. The molecule has 102 valence electrons. The van der Waals surface area contributed by atoms with Crippen LogP contribution < -0.4 is 10.1 Å². The summed E-state index contributed by atoms with van der Waals surface area (Å²) in [6.45, 7) is 6.71. The number of ether oxygens (including phenoxy) is 2. The molecule has 0 heterocycles. The Balaban J connectivity index is 2.47. The van der Waals surface area contributed by atoms with Crippen LogP contribution in [0.2, 0.25) is 0 Å². The summed E-state index contributed by atoms with van der Waals surface area (Å²) in [7, 11) is 1.72. The summed E-state index contributed by atoms with van der Waals surface area (Å²) in [5.74, 6) is 0.960. The predicted octanol–water partition coefficient (Wildman–Crippen LogP) is 3.16. The standard InChI is InChI=1S/C15H25NO2/c1-4-5-10-18-15-8-6-7-14(12-15)13(2)16-9-11-17-3/h6-8,12-13,16H,4-5,9-11H2,1-3H3/t13-/m0/s1. The number of methoxy groups -OCH3 is 1. The van der Waals surface area contributed by atoms with Crippen molar-refractivity contribution in [1.29, 1.82) is 0 Å². The van der Waals surface area contributed by atoms with Gasteiger partial charge in [-0.05, 0) is 31.0 Å². The van der Waals surface area contributed by atoms with E-state index in [1.54, 1.807) is 7.11 Å². The van der Waals surface area contributed by atoms with Crippen LogP contribution in [-0.4, -0.2) is 26.9 Å². The smallest absolute Gasteiger partial charge is 0.119 e. The predicted molar refractivity (Wildman–Crippen MR) is 75.1 cm³/mol. The molecule has 0 aliphatic rings. The van der Waals surface area contributed by atoms with E-state index in [9.17, 15) is 0 Å². The summed E-state index contributed by atoms with van der Waals surface area (Å²) in [5, 5.41) is 3.41.